The number of anilines is 1. The average Bonchev–Trinajstić information content (AvgIpc) is 3.03. The molecule has 0 atom stereocenters. The van der Waals surface area contributed by atoms with Gasteiger partial charge in [0.25, 0.3) is 5.91 Å². The minimum atomic E-state index is -0.260. The zero-order valence-corrected chi connectivity index (χ0v) is 15.2. The molecule has 0 fully saturated rings. The Balaban J connectivity index is 1.58. The third-order valence-corrected chi connectivity index (χ3v) is 4.50. The minimum Gasteiger partial charge on any atom is -0.483 e. The van der Waals surface area contributed by atoms with E-state index in [0.29, 0.717) is 10.9 Å². The van der Waals surface area contributed by atoms with Crippen LogP contribution >= 0.6 is 27.3 Å². The van der Waals surface area contributed by atoms with Crippen LogP contribution in [0.15, 0.2) is 52.4 Å². The van der Waals surface area contributed by atoms with Crippen molar-refractivity contribution in [2.45, 2.75) is 6.92 Å². The number of hydrogen-bond acceptors (Lipinski definition) is 5. The van der Waals surface area contributed by atoms with Crippen LogP contribution in [0.25, 0.3) is 11.4 Å². The summed E-state index contributed by atoms with van der Waals surface area (Å²) in [6.07, 6.45) is 1.71. The van der Waals surface area contributed by atoms with E-state index in [1.165, 1.54) is 11.3 Å². The third kappa shape index (κ3) is 4.18. The van der Waals surface area contributed by atoms with Crippen molar-refractivity contribution < 1.29 is 9.53 Å². The standard InChI is InChI=1S/C17H14BrN3O2S/c1-11-5-6-15(12(18)8-11)23-9-16(22)21-17-20-14(10-24-17)13-4-2-3-7-19-13/h2-8,10H,9H2,1H3,(H,20,21,22). The molecule has 3 rings (SSSR count). The lowest BCUT2D eigenvalue weighted by Crippen LogP contribution is -2.20. The third-order valence-electron chi connectivity index (χ3n) is 3.12. The van der Waals surface area contributed by atoms with Crippen LogP contribution in [-0.2, 0) is 4.79 Å². The fraction of sp³-hybridized carbons (Fsp3) is 0.118. The number of carbonyl (C=O) groups excluding carboxylic acids is 1. The van der Waals surface area contributed by atoms with E-state index >= 15 is 0 Å². The van der Waals surface area contributed by atoms with Gasteiger partial charge in [0.2, 0.25) is 0 Å². The summed E-state index contributed by atoms with van der Waals surface area (Å²) in [5.74, 6) is 0.369. The molecule has 0 saturated heterocycles. The van der Waals surface area contributed by atoms with Crippen LogP contribution in [0.1, 0.15) is 5.56 Å². The molecule has 5 nitrogen and oxygen atoms in total. The van der Waals surface area contributed by atoms with Gasteiger partial charge < -0.3 is 4.74 Å². The number of ether oxygens (including phenoxy) is 1. The molecule has 1 N–H and O–H groups in total. The molecule has 7 heteroatoms. The average molecular weight is 404 g/mol. The maximum atomic E-state index is 12.0. The molecular formula is C17H14BrN3O2S. The van der Waals surface area contributed by atoms with Crippen molar-refractivity contribution in [3.05, 3.63) is 58.0 Å². The molecule has 0 radical (unpaired) electrons. The van der Waals surface area contributed by atoms with Crippen LogP contribution in [0.2, 0.25) is 0 Å². The number of carbonyl (C=O) groups is 1. The monoisotopic (exact) mass is 403 g/mol. The summed E-state index contributed by atoms with van der Waals surface area (Å²) in [4.78, 5) is 20.6. The van der Waals surface area contributed by atoms with Gasteiger partial charge in [0.1, 0.15) is 11.4 Å². The molecule has 0 unspecified atom stereocenters. The molecule has 0 aliphatic heterocycles. The quantitative estimate of drug-likeness (QED) is 0.689. The predicted octanol–water partition coefficient (Wildman–Crippen LogP) is 4.29. The smallest absolute Gasteiger partial charge is 0.264 e. The highest BCUT2D eigenvalue weighted by molar-refractivity contribution is 9.10. The number of rotatable bonds is 5. The summed E-state index contributed by atoms with van der Waals surface area (Å²) < 4.78 is 6.34. The van der Waals surface area contributed by atoms with Crippen LogP contribution in [0.5, 0.6) is 5.75 Å². The van der Waals surface area contributed by atoms with Crippen molar-refractivity contribution in [2.24, 2.45) is 0 Å². The van der Waals surface area contributed by atoms with Crippen LogP contribution in [0.3, 0.4) is 0 Å². The molecular weight excluding hydrogens is 390 g/mol. The summed E-state index contributed by atoms with van der Waals surface area (Å²) in [5.41, 5.74) is 2.62. The number of amides is 1. The number of pyridine rings is 1. The summed E-state index contributed by atoms with van der Waals surface area (Å²) in [7, 11) is 0. The normalized spacial score (nSPS) is 10.4. The lowest BCUT2D eigenvalue weighted by atomic mass is 10.2. The molecule has 0 bridgehead atoms. The second kappa shape index (κ2) is 7.55. The predicted molar refractivity (Wildman–Crippen MR) is 98.3 cm³/mol. The van der Waals surface area contributed by atoms with Gasteiger partial charge in [0.15, 0.2) is 11.7 Å². The molecule has 0 saturated carbocycles. The van der Waals surface area contributed by atoms with Gasteiger partial charge in [0, 0.05) is 11.6 Å². The van der Waals surface area contributed by atoms with Crippen molar-refractivity contribution >= 4 is 38.3 Å². The molecule has 2 heterocycles. The van der Waals surface area contributed by atoms with Crippen molar-refractivity contribution in [1.82, 2.24) is 9.97 Å². The van der Waals surface area contributed by atoms with Gasteiger partial charge in [-0.3, -0.25) is 15.1 Å². The highest BCUT2D eigenvalue weighted by Crippen LogP contribution is 2.26. The fourth-order valence-corrected chi connectivity index (χ4v) is 3.31. The molecule has 0 spiro atoms. The number of thiazole rings is 1. The first-order valence-electron chi connectivity index (χ1n) is 7.17. The van der Waals surface area contributed by atoms with Crippen LogP contribution < -0.4 is 10.1 Å². The Labute approximate surface area is 151 Å². The first kappa shape index (κ1) is 16.6. The van der Waals surface area contributed by atoms with Gasteiger partial charge >= 0.3 is 0 Å². The van der Waals surface area contributed by atoms with E-state index in [9.17, 15) is 4.79 Å². The Kier molecular flexibility index (Phi) is 5.22. The zero-order valence-electron chi connectivity index (χ0n) is 12.8. The number of hydrogen-bond donors (Lipinski definition) is 1. The number of benzene rings is 1. The minimum absolute atomic E-state index is 0.0832. The second-order valence-corrected chi connectivity index (χ2v) is 6.74. The number of nitrogens with zero attached hydrogens (tertiary/aromatic N) is 2. The number of nitrogens with one attached hydrogen (secondary N) is 1. The van der Waals surface area contributed by atoms with E-state index in [0.717, 1.165) is 21.4 Å². The molecule has 3 aromatic rings. The van der Waals surface area contributed by atoms with E-state index in [-0.39, 0.29) is 12.5 Å². The van der Waals surface area contributed by atoms with Crippen LogP contribution in [0.4, 0.5) is 5.13 Å². The lowest BCUT2D eigenvalue weighted by molar-refractivity contribution is -0.118. The molecule has 0 aliphatic carbocycles. The second-order valence-electron chi connectivity index (χ2n) is 5.02. The number of halogens is 1. The van der Waals surface area contributed by atoms with E-state index in [4.69, 9.17) is 4.74 Å². The Morgan fingerprint density at radius 3 is 2.92 bits per heavy atom. The zero-order chi connectivity index (χ0) is 16.9. The Morgan fingerprint density at radius 2 is 2.17 bits per heavy atom. The van der Waals surface area contributed by atoms with Crippen LogP contribution in [-0.4, -0.2) is 22.5 Å². The summed E-state index contributed by atoms with van der Waals surface area (Å²) in [5, 5.41) is 5.11. The lowest BCUT2D eigenvalue weighted by Gasteiger charge is -2.08. The topological polar surface area (TPSA) is 64.1 Å². The van der Waals surface area contributed by atoms with E-state index < -0.39 is 0 Å². The van der Waals surface area contributed by atoms with Crippen molar-refractivity contribution in [3.63, 3.8) is 0 Å². The highest BCUT2D eigenvalue weighted by Gasteiger charge is 2.10. The number of aryl methyl sites for hydroxylation is 1. The summed E-state index contributed by atoms with van der Waals surface area (Å²) in [6.45, 7) is 1.91. The van der Waals surface area contributed by atoms with E-state index in [2.05, 4.69) is 31.2 Å². The maximum Gasteiger partial charge on any atom is 0.264 e. The van der Waals surface area contributed by atoms with Gasteiger partial charge in [-0.05, 0) is 52.7 Å². The van der Waals surface area contributed by atoms with Gasteiger partial charge in [-0.1, -0.05) is 12.1 Å². The molecule has 2 aromatic heterocycles. The largest absolute Gasteiger partial charge is 0.483 e. The van der Waals surface area contributed by atoms with Gasteiger partial charge in [-0.15, -0.1) is 11.3 Å². The van der Waals surface area contributed by atoms with Crippen molar-refractivity contribution in [2.75, 3.05) is 11.9 Å². The summed E-state index contributed by atoms with van der Waals surface area (Å²) >= 11 is 4.77. The Hall–Kier alpha value is -2.25. The first-order valence-corrected chi connectivity index (χ1v) is 8.85. The van der Waals surface area contributed by atoms with Crippen molar-refractivity contribution in [3.8, 4) is 17.1 Å². The molecule has 122 valence electrons. The van der Waals surface area contributed by atoms with Crippen LogP contribution in [0, 0.1) is 6.92 Å². The summed E-state index contributed by atoms with van der Waals surface area (Å²) in [6, 6.07) is 11.3. The SMILES string of the molecule is Cc1ccc(OCC(=O)Nc2nc(-c3ccccn3)cs2)c(Br)c1. The highest BCUT2D eigenvalue weighted by atomic mass is 79.9. The Bertz CT molecular complexity index is 852. The van der Waals surface area contributed by atoms with Gasteiger partial charge in [-0.2, -0.15) is 0 Å². The number of aromatic nitrogens is 2. The Morgan fingerprint density at radius 1 is 1.29 bits per heavy atom. The fourth-order valence-electron chi connectivity index (χ4n) is 1.98. The maximum absolute atomic E-state index is 12.0. The van der Waals surface area contributed by atoms with Gasteiger partial charge in [0.05, 0.1) is 10.2 Å². The van der Waals surface area contributed by atoms with E-state index in [1.807, 2.05) is 48.7 Å². The first-order chi connectivity index (χ1) is 11.6. The van der Waals surface area contributed by atoms with Gasteiger partial charge in [-0.25, -0.2) is 4.98 Å². The van der Waals surface area contributed by atoms with E-state index in [1.54, 1.807) is 6.20 Å². The molecule has 1 amide bonds. The molecule has 0 aliphatic rings. The molecule has 24 heavy (non-hydrogen) atoms. The molecule has 1 aromatic carbocycles. The van der Waals surface area contributed by atoms with Crippen molar-refractivity contribution in [1.29, 1.82) is 0 Å².